The summed E-state index contributed by atoms with van der Waals surface area (Å²) >= 11 is 4.27. The van der Waals surface area contributed by atoms with E-state index in [1.807, 2.05) is 26.8 Å². The zero-order valence-corrected chi connectivity index (χ0v) is 20.0. The Morgan fingerprint density at radius 1 is 1.24 bits per heavy atom. The van der Waals surface area contributed by atoms with Crippen LogP contribution in [0.1, 0.15) is 32.4 Å². The van der Waals surface area contributed by atoms with Crippen molar-refractivity contribution in [3.63, 3.8) is 0 Å². The number of anilines is 2. The second-order valence-corrected chi connectivity index (χ2v) is 8.84. The van der Waals surface area contributed by atoms with Gasteiger partial charge in [0.25, 0.3) is 5.88 Å². The van der Waals surface area contributed by atoms with Crippen molar-refractivity contribution in [2.45, 2.75) is 62.9 Å². The van der Waals surface area contributed by atoms with Crippen LogP contribution in [0.5, 0.6) is 11.6 Å². The van der Waals surface area contributed by atoms with Gasteiger partial charge in [-0.1, -0.05) is 0 Å². The molecule has 2 aliphatic heterocycles. The third-order valence-electron chi connectivity index (χ3n) is 5.60. The lowest BCUT2D eigenvalue weighted by Crippen LogP contribution is -2.61. The van der Waals surface area contributed by atoms with E-state index in [0.29, 0.717) is 48.5 Å². The largest absolute Gasteiger partial charge is 0.489 e. The molecule has 2 atom stereocenters. The zero-order chi connectivity index (χ0) is 23.5. The number of piperidine rings is 1. The van der Waals surface area contributed by atoms with Gasteiger partial charge >= 0.3 is 6.09 Å². The second kappa shape index (κ2) is 10.0. The minimum Gasteiger partial charge on any atom is -0.489 e. The molecule has 0 saturated carbocycles. The summed E-state index contributed by atoms with van der Waals surface area (Å²) in [6, 6.07) is 3.43. The predicted molar refractivity (Wildman–Crippen MR) is 124 cm³/mol. The maximum atomic E-state index is 12.6. The van der Waals surface area contributed by atoms with Gasteiger partial charge in [0.15, 0.2) is 5.82 Å². The molecular weight excluding hydrogens is 446 g/mol. The summed E-state index contributed by atoms with van der Waals surface area (Å²) in [7, 11) is 1.55. The minimum atomic E-state index is -0.302. The quantitative estimate of drug-likeness (QED) is 0.608. The van der Waals surface area contributed by atoms with Gasteiger partial charge in [-0.3, -0.25) is 4.90 Å². The summed E-state index contributed by atoms with van der Waals surface area (Å²) in [5, 5.41) is 3.87. The number of hydrogen-bond donors (Lipinski definition) is 2. The van der Waals surface area contributed by atoms with E-state index in [4.69, 9.17) is 18.9 Å². The van der Waals surface area contributed by atoms with E-state index in [9.17, 15) is 4.79 Å². The molecule has 0 spiro atoms. The fourth-order valence-electron chi connectivity index (χ4n) is 4.20. The molecule has 33 heavy (non-hydrogen) atoms. The summed E-state index contributed by atoms with van der Waals surface area (Å²) in [4.78, 5) is 27.4. The minimum absolute atomic E-state index is 0.118. The maximum absolute atomic E-state index is 12.6. The zero-order valence-electron chi connectivity index (χ0n) is 19.1. The maximum Gasteiger partial charge on any atom is 0.410 e. The SMILES string of the molecule is COc1c(Nc2ccc(S)nc2C)ncnc1OC1CC2COCC(C1)N2C(=O)OC(C)C. The van der Waals surface area contributed by atoms with Gasteiger partial charge in [0, 0.05) is 12.8 Å². The van der Waals surface area contributed by atoms with Crippen LogP contribution in [-0.4, -0.2) is 70.6 Å². The third-order valence-corrected chi connectivity index (χ3v) is 5.85. The van der Waals surface area contributed by atoms with E-state index >= 15 is 0 Å². The molecule has 0 radical (unpaired) electrons. The molecule has 1 amide bonds. The Bertz CT molecular complexity index is 993. The summed E-state index contributed by atoms with van der Waals surface area (Å²) in [6.07, 6.45) is 2.00. The Labute approximate surface area is 198 Å². The first-order valence-electron chi connectivity index (χ1n) is 10.9. The van der Waals surface area contributed by atoms with Crippen LogP contribution < -0.4 is 14.8 Å². The fourth-order valence-corrected chi connectivity index (χ4v) is 4.43. The van der Waals surface area contributed by atoms with Crippen molar-refractivity contribution in [1.82, 2.24) is 19.9 Å². The lowest BCUT2D eigenvalue weighted by Gasteiger charge is -2.47. The molecule has 2 bridgehead atoms. The number of nitrogens with zero attached hydrogens (tertiary/aromatic N) is 4. The Balaban J connectivity index is 1.50. The van der Waals surface area contributed by atoms with Crippen LogP contribution in [0.3, 0.4) is 0 Å². The molecule has 2 unspecified atom stereocenters. The summed E-state index contributed by atoms with van der Waals surface area (Å²) in [5.74, 6) is 1.21. The van der Waals surface area contributed by atoms with Crippen molar-refractivity contribution in [3.8, 4) is 11.6 Å². The van der Waals surface area contributed by atoms with Crippen LogP contribution in [0.4, 0.5) is 16.3 Å². The molecule has 0 aliphatic carbocycles. The van der Waals surface area contributed by atoms with Crippen LogP contribution >= 0.6 is 12.6 Å². The second-order valence-electron chi connectivity index (χ2n) is 8.38. The van der Waals surface area contributed by atoms with Gasteiger partial charge in [-0.15, -0.1) is 12.6 Å². The molecular formula is C22H29N5O5S. The molecule has 2 saturated heterocycles. The number of ether oxygens (including phenoxy) is 4. The standard InChI is InChI=1S/C22H29N5O5S/c1-12(2)31-22(28)27-14-7-16(8-15(27)10-30-9-14)32-21-19(29-4)20(23-11-24-21)26-17-5-6-18(33)25-13(17)3/h5-6,11-12,14-16H,7-10H2,1-4H3,(H,25,33)(H,23,24,26). The van der Waals surface area contributed by atoms with Crippen LogP contribution in [0.25, 0.3) is 0 Å². The summed E-state index contributed by atoms with van der Waals surface area (Å²) < 4.78 is 23.0. The van der Waals surface area contributed by atoms with E-state index in [0.717, 1.165) is 11.4 Å². The molecule has 11 heteroatoms. The van der Waals surface area contributed by atoms with Crippen LogP contribution in [-0.2, 0) is 9.47 Å². The average Bonchev–Trinajstić information content (AvgIpc) is 2.75. The molecule has 0 aromatic carbocycles. The predicted octanol–water partition coefficient (Wildman–Crippen LogP) is 3.38. The number of aromatic nitrogens is 3. The number of thiol groups is 1. The Kier molecular flexibility index (Phi) is 7.08. The monoisotopic (exact) mass is 475 g/mol. The number of amides is 1. The molecule has 4 heterocycles. The lowest BCUT2D eigenvalue weighted by atomic mass is 9.92. The first-order chi connectivity index (χ1) is 15.9. The molecule has 1 N–H and O–H groups in total. The molecule has 178 valence electrons. The molecule has 2 fully saturated rings. The highest BCUT2D eigenvalue weighted by atomic mass is 32.1. The highest BCUT2D eigenvalue weighted by molar-refractivity contribution is 7.80. The van der Waals surface area contributed by atoms with Gasteiger partial charge in [-0.25, -0.2) is 14.8 Å². The number of pyridine rings is 1. The average molecular weight is 476 g/mol. The van der Waals surface area contributed by atoms with E-state index in [1.54, 1.807) is 18.1 Å². The number of aryl methyl sites for hydroxylation is 1. The van der Waals surface area contributed by atoms with Crippen molar-refractivity contribution >= 4 is 30.2 Å². The smallest absolute Gasteiger partial charge is 0.410 e. The fraction of sp³-hybridized carbons (Fsp3) is 0.545. The van der Waals surface area contributed by atoms with Crippen LogP contribution in [0.2, 0.25) is 0 Å². The van der Waals surface area contributed by atoms with Gasteiger partial charge in [-0.2, -0.15) is 4.98 Å². The number of morpholine rings is 1. The number of carbonyl (C=O) groups excluding carboxylic acids is 1. The first-order valence-corrected chi connectivity index (χ1v) is 11.4. The van der Waals surface area contributed by atoms with Crippen molar-refractivity contribution in [3.05, 3.63) is 24.2 Å². The van der Waals surface area contributed by atoms with Crippen LogP contribution in [0.15, 0.2) is 23.5 Å². The van der Waals surface area contributed by atoms with Gasteiger partial charge < -0.3 is 24.3 Å². The topological polar surface area (TPSA) is 108 Å². The lowest BCUT2D eigenvalue weighted by molar-refractivity contribution is -0.0935. The molecule has 2 aromatic heterocycles. The van der Waals surface area contributed by atoms with Crippen molar-refractivity contribution in [2.24, 2.45) is 0 Å². The Morgan fingerprint density at radius 3 is 2.61 bits per heavy atom. The van der Waals surface area contributed by atoms with Gasteiger partial charge in [0.2, 0.25) is 5.75 Å². The highest BCUT2D eigenvalue weighted by Crippen LogP contribution is 2.37. The highest BCUT2D eigenvalue weighted by Gasteiger charge is 2.44. The van der Waals surface area contributed by atoms with E-state index < -0.39 is 0 Å². The van der Waals surface area contributed by atoms with Gasteiger partial charge in [-0.05, 0) is 32.9 Å². The van der Waals surface area contributed by atoms with Crippen molar-refractivity contribution in [2.75, 3.05) is 25.6 Å². The van der Waals surface area contributed by atoms with Crippen molar-refractivity contribution < 1.29 is 23.7 Å². The number of fused-ring (bicyclic) bond motifs is 2. The summed E-state index contributed by atoms with van der Waals surface area (Å²) in [6.45, 7) is 6.47. The molecule has 4 rings (SSSR count). The number of methoxy groups -OCH3 is 1. The molecule has 2 aromatic rings. The number of hydrogen-bond acceptors (Lipinski definition) is 10. The number of rotatable bonds is 6. The Morgan fingerprint density at radius 2 is 1.97 bits per heavy atom. The molecule has 2 aliphatic rings. The molecule has 10 nitrogen and oxygen atoms in total. The van der Waals surface area contributed by atoms with E-state index in [-0.39, 0.29) is 30.4 Å². The number of nitrogens with one attached hydrogen (secondary N) is 1. The summed E-state index contributed by atoms with van der Waals surface area (Å²) in [5.41, 5.74) is 1.55. The normalized spacial score (nSPS) is 22.1. The first kappa shape index (κ1) is 23.4. The Hall–Kier alpha value is -2.79. The van der Waals surface area contributed by atoms with E-state index in [2.05, 4.69) is 32.9 Å². The van der Waals surface area contributed by atoms with Gasteiger partial charge in [0.1, 0.15) is 12.4 Å². The number of carbonyl (C=O) groups is 1. The third kappa shape index (κ3) is 5.25. The van der Waals surface area contributed by atoms with Gasteiger partial charge in [0.05, 0.1) is 54.9 Å². The van der Waals surface area contributed by atoms with Crippen molar-refractivity contribution in [1.29, 1.82) is 0 Å². The van der Waals surface area contributed by atoms with E-state index in [1.165, 1.54) is 6.33 Å². The van der Waals surface area contributed by atoms with Crippen LogP contribution in [0, 0.1) is 6.92 Å².